The number of aryl methyl sites for hydroxylation is 1. The van der Waals surface area contributed by atoms with E-state index in [-0.39, 0.29) is 6.04 Å². The molecule has 6 nitrogen and oxygen atoms in total. The summed E-state index contributed by atoms with van der Waals surface area (Å²) in [6, 6.07) is 10.9. The third-order valence-corrected chi connectivity index (χ3v) is 5.75. The second kappa shape index (κ2) is 9.34. The van der Waals surface area contributed by atoms with E-state index in [1.807, 2.05) is 6.07 Å². The monoisotopic (exact) mass is 395 g/mol. The van der Waals surface area contributed by atoms with E-state index in [4.69, 9.17) is 9.72 Å². The van der Waals surface area contributed by atoms with Gasteiger partial charge in [-0.15, -0.1) is 11.3 Å². The van der Waals surface area contributed by atoms with E-state index in [2.05, 4.69) is 56.8 Å². The summed E-state index contributed by atoms with van der Waals surface area (Å²) in [6.45, 7) is 7.39. The van der Waals surface area contributed by atoms with Gasteiger partial charge in [0.1, 0.15) is 0 Å². The van der Waals surface area contributed by atoms with Gasteiger partial charge in [0.25, 0.3) is 0 Å². The molecule has 3 aromatic rings. The van der Waals surface area contributed by atoms with Gasteiger partial charge in [-0.2, -0.15) is 0 Å². The summed E-state index contributed by atoms with van der Waals surface area (Å²) in [5.74, 6) is 0.683. The van der Waals surface area contributed by atoms with Crippen LogP contribution in [0.2, 0.25) is 0 Å². The smallest absolute Gasteiger partial charge is 0.188 e. The largest absolute Gasteiger partial charge is 0.379 e. The summed E-state index contributed by atoms with van der Waals surface area (Å²) in [6.07, 6.45) is 3.49. The average Bonchev–Trinajstić information content (AvgIpc) is 3.22. The Kier molecular flexibility index (Phi) is 6.38. The lowest BCUT2D eigenvalue weighted by atomic mass is 10.0. The fourth-order valence-electron chi connectivity index (χ4n) is 3.26. The zero-order valence-corrected chi connectivity index (χ0v) is 16.9. The van der Waals surface area contributed by atoms with E-state index >= 15 is 0 Å². The molecular weight excluding hydrogens is 370 g/mol. The maximum atomic E-state index is 5.49. The fourth-order valence-corrected chi connectivity index (χ4v) is 4.02. The molecule has 2 aromatic heterocycles. The van der Waals surface area contributed by atoms with E-state index < -0.39 is 0 Å². The minimum Gasteiger partial charge on any atom is -0.379 e. The Bertz CT molecular complexity index is 862. The Morgan fingerprint density at radius 3 is 2.64 bits per heavy atom. The molecule has 28 heavy (non-hydrogen) atoms. The maximum absolute atomic E-state index is 5.49. The Hall–Kier alpha value is -2.19. The van der Waals surface area contributed by atoms with Crippen LogP contribution in [0.5, 0.6) is 0 Å². The summed E-state index contributed by atoms with van der Waals surface area (Å²) in [5, 5.41) is 6.65. The van der Waals surface area contributed by atoms with Crippen molar-refractivity contribution in [3.8, 4) is 10.8 Å². The molecule has 1 unspecified atom stereocenters. The van der Waals surface area contributed by atoms with Gasteiger partial charge in [0, 0.05) is 50.0 Å². The van der Waals surface area contributed by atoms with Crippen LogP contribution in [0.1, 0.15) is 22.9 Å². The molecule has 4 rings (SSSR count). The lowest BCUT2D eigenvalue weighted by molar-refractivity contribution is 0.0333. The first-order valence-corrected chi connectivity index (χ1v) is 10.5. The van der Waals surface area contributed by atoms with E-state index in [1.54, 1.807) is 23.7 Å². The summed E-state index contributed by atoms with van der Waals surface area (Å²) in [5.41, 5.74) is 3.60. The molecule has 3 heterocycles. The number of rotatable bonds is 7. The van der Waals surface area contributed by atoms with Crippen LogP contribution in [0, 0.1) is 6.92 Å². The first kappa shape index (κ1) is 19.1. The summed E-state index contributed by atoms with van der Waals surface area (Å²) in [4.78, 5) is 15.7. The number of nitrogens with zero attached hydrogens (tertiary/aromatic N) is 4. The zero-order chi connectivity index (χ0) is 19.2. The molecule has 0 saturated carbocycles. The highest BCUT2D eigenvalue weighted by atomic mass is 32.1. The number of thiazole rings is 1. The fraction of sp³-hybridized carbons (Fsp3) is 0.381. The molecule has 0 amide bonds. The van der Waals surface area contributed by atoms with Gasteiger partial charge in [-0.05, 0) is 18.6 Å². The van der Waals surface area contributed by atoms with E-state index in [9.17, 15) is 0 Å². The van der Waals surface area contributed by atoms with Crippen molar-refractivity contribution in [1.82, 2.24) is 25.2 Å². The molecule has 1 N–H and O–H groups in total. The molecular formula is C21H25N5OS. The maximum Gasteiger partial charge on any atom is 0.188 e. The van der Waals surface area contributed by atoms with Crippen LogP contribution in [0.15, 0.2) is 48.1 Å². The van der Waals surface area contributed by atoms with E-state index in [0.29, 0.717) is 12.4 Å². The van der Waals surface area contributed by atoms with Crippen LogP contribution in [-0.4, -0.2) is 52.7 Å². The molecule has 1 aromatic carbocycles. The molecule has 1 atom stereocenters. The molecule has 1 aliphatic rings. The molecule has 1 saturated heterocycles. The molecule has 146 valence electrons. The molecule has 1 aliphatic heterocycles. The lowest BCUT2D eigenvalue weighted by Crippen LogP contribution is -2.41. The summed E-state index contributed by atoms with van der Waals surface area (Å²) < 4.78 is 5.49. The van der Waals surface area contributed by atoms with Crippen LogP contribution >= 0.6 is 11.3 Å². The van der Waals surface area contributed by atoms with Gasteiger partial charge in [0.15, 0.2) is 10.8 Å². The number of morpholine rings is 1. The van der Waals surface area contributed by atoms with Gasteiger partial charge < -0.3 is 10.1 Å². The van der Waals surface area contributed by atoms with Crippen LogP contribution in [0.25, 0.3) is 10.8 Å². The topological polar surface area (TPSA) is 63.2 Å². The minimum absolute atomic E-state index is 0.247. The van der Waals surface area contributed by atoms with Gasteiger partial charge in [0.05, 0.1) is 18.9 Å². The Balaban J connectivity index is 1.44. The Morgan fingerprint density at radius 2 is 1.89 bits per heavy atom. The third-order valence-electron chi connectivity index (χ3n) is 4.86. The first-order valence-electron chi connectivity index (χ1n) is 9.60. The van der Waals surface area contributed by atoms with Gasteiger partial charge in [0.2, 0.25) is 0 Å². The molecule has 1 fully saturated rings. The van der Waals surface area contributed by atoms with Gasteiger partial charge in [-0.1, -0.05) is 29.8 Å². The molecule has 0 aliphatic carbocycles. The minimum atomic E-state index is 0.247. The van der Waals surface area contributed by atoms with E-state index in [1.165, 1.54) is 11.1 Å². The van der Waals surface area contributed by atoms with Gasteiger partial charge in [-0.3, -0.25) is 4.90 Å². The van der Waals surface area contributed by atoms with Crippen molar-refractivity contribution < 1.29 is 4.74 Å². The predicted molar refractivity (Wildman–Crippen MR) is 111 cm³/mol. The molecule has 0 radical (unpaired) electrons. The van der Waals surface area contributed by atoms with Crippen molar-refractivity contribution in [3.63, 3.8) is 0 Å². The number of nitrogens with one attached hydrogen (secondary N) is 1. The highest BCUT2D eigenvalue weighted by Crippen LogP contribution is 2.21. The average molecular weight is 396 g/mol. The quantitative estimate of drug-likeness (QED) is 0.663. The second-order valence-electron chi connectivity index (χ2n) is 6.97. The number of benzene rings is 1. The number of aromatic nitrogens is 3. The normalized spacial score (nSPS) is 16.2. The first-order chi connectivity index (χ1) is 13.8. The highest BCUT2D eigenvalue weighted by Gasteiger charge is 2.18. The van der Waals surface area contributed by atoms with Crippen molar-refractivity contribution in [2.24, 2.45) is 0 Å². The van der Waals surface area contributed by atoms with Crippen LogP contribution in [0.4, 0.5) is 0 Å². The Labute approximate surface area is 169 Å². The van der Waals surface area contributed by atoms with Gasteiger partial charge in [-0.25, -0.2) is 15.0 Å². The second-order valence-corrected chi connectivity index (χ2v) is 7.83. The third kappa shape index (κ3) is 4.99. The molecule has 7 heteroatoms. The number of ether oxygens (including phenoxy) is 1. The van der Waals surface area contributed by atoms with Crippen molar-refractivity contribution in [3.05, 3.63) is 64.9 Å². The Morgan fingerprint density at radius 1 is 1.14 bits per heavy atom. The highest BCUT2D eigenvalue weighted by molar-refractivity contribution is 7.13. The van der Waals surface area contributed by atoms with E-state index in [0.717, 1.165) is 43.5 Å². The summed E-state index contributed by atoms with van der Waals surface area (Å²) in [7, 11) is 0. The van der Waals surface area contributed by atoms with Crippen molar-refractivity contribution in [2.75, 3.05) is 32.8 Å². The van der Waals surface area contributed by atoms with Crippen LogP contribution < -0.4 is 5.32 Å². The predicted octanol–water partition coefficient (Wildman–Crippen LogP) is 3.07. The number of hydrogen-bond acceptors (Lipinski definition) is 7. The van der Waals surface area contributed by atoms with Crippen molar-refractivity contribution >= 4 is 11.3 Å². The SMILES string of the molecule is Cc1ccc(C(CN2CCOCC2)NCc2csc(-c3ncccn3)n2)cc1. The molecule has 0 bridgehead atoms. The van der Waals surface area contributed by atoms with Crippen molar-refractivity contribution in [2.45, 2.75) is 19.5 Å². The lowest BCUT2D eigenvalue weighted by Gasteiger charge is -2.31. The zero-order valence-electron chi connectivity index (χ0n) is 16.0. The van der Waals surface area contributed by atoms with Crippen LogP contribution in [0.3, 0.4) is 0 Å². The van der Waals surface area contributed by atoms with Crippen molar-refractivity contribution in [1.29, 1.82) is 0 Å². The molecule has 0 spiro atoms. The van der Waals surface area contributed by atoms with Crippen LogP contribution in [-0.2, 0) is 11.3 Å². The summed E-state index contributed by atoms with van der Waals surface area (Å²) >= 11 is 1.58. The standard InChI is InChI=1S/C21H25N5OS/c1-16-3-5-17(6-4-16)19(14-26-9-11-27-12-10-26)24-13-18-15-28-21(25-18)20-22-7-2-8-23-20/h2-8,15,19,24H,9-14H2,1H3. The van der Waals surface area contributed by atoms with Gasteiger partial charge >= 0.3 is 0 Å². The number of hydrogen-bond donors (Lipinski definition) is 1.